The van der Waals surface area contributed by atoms with Crippen molar-refractivity contribution < 1.29 is 14.3 Å². The molecule has 3 rings (SSSR count). The Morgan fingerprint density at radius 2 is 1.96 bits per heavy atom. The summed E-state index contributed by atoms with van der Waals surface area (Å²) in [5.41, 5.74) is 3.10. The third kappa shape index (κ3) is 3.29. The Kier molecular flexibility index (Phi) is 4.59. The van der Waals surface area contributed by atoms with E-state index in [1.165, 1.54) is 0 Å². The highest BCUT2D eigenvalue weighted by Gasteiger charge is 2.24. The molecule has 0 saturated carbocycles. The molecule has 24 heavy (non-hydrogen) atoms. The number of nitrogens with one attached hydrogen (secondary N) is 1. The number of nitrogens with zero attached hydrogens (tertiary/aromatic N) is 4. The number of ether oxygens (including phenoxy) is 2. The molecule has 2 aromatic rings. The van der Waals surface area contributed by atoms with E-state index in [2.05, 4.69) is 20.4 Å². The first kappa shape index (κ1) is 16.5. The van der Waals surface area contributed by atoms with Crippen LogP contribution in [0.5, 0.6) is 5.75 Å². The third-order valence-corrected chi connectivity index (χ3v) is 3.94. The van der Waals surface area contributed by atoms with Crippen LogP contribution in [0, 0.1) is 27.7 Å². The molecule has 8 nitrogen and oxygen atoms in total. The predicted octanol–water partition coefficient (Wildman–Crippen LogP) is 0.790. The van der Waals surface area contributed by atoms with Crippen molar-refractivity contribution in [1.82, 2.24) is 25.1 Å². The number of morpholine rings is 1. The van der Waals surface area contributed by atoms with Crippen molar-refractivity contribution in [2.75, 3.05) is 19.8 Å². The summed E-state index contributed by atoms with van der Waals surface area (Å²) in [7, 11) is 0. The number of rotatable bonds is 3. The molecule has 0 aromatic carbocycles. The Morgan fingerprint density at radius 3 is 2.67 bits per heavy atom. The first-order chi connectivity index (χ1) is 11.5. The van der Waals surface area contributed by atoms with Crippen molar-refractivity contribution >= 4 is 5.97 Å². The minimum atomic E-state index is -0.454. The van der Waals surface area contributed by atoms with E-state index in [-0.39, 0.29) is 5.97 Å². The van der Waals surface area contributed by atoms with E-state index >= 15 is 0 Å². The van der Waals surface area contributed by atoms with Gasteiger partial charge in [-0.3, -0.25) is 4.98 Å². The van der Waals surface area contributed by atoms with Gasteiger partial charge in [-0.05, 0) is 27.7 Å². The van der Waals surface area contributed by atoms with Crippen LogP contribution in [-0.2, 0) is 9.53 Å². The number of hydrogen-bond donors (Lipinski definition) is 1. The first-order valence-electron chi connectivity index (χ1n) is 7.87. The lowest BCUT2D eigenvalue weighted by Crippen LogP contribution is -2.48. The van der Waals surface area contributed by atoms with Crippen molar-refractivity contribution in [3.05, 3.63) is 29.0 Å². The maximum Gasteiger partial charge on any atom is 0.331 e. The van der Waals surface area contributed by atoms with Gasteiger partial charge in [0.2, 0.25) is 0 Å². The summed E-state index contributed by atoms with van der Waals surface area (Å²) in [5.74, 6) is 0.662. The van der Waals surface area contributed by atoms with Gasteiger partial charge in [0.15, 0.2) is 11.6 Å². The molecule has 128 valence electrons. The van der Waals surface area contributed by atoms with E-state index < -0.39 is 6.04 Å². The molecule has 1 aliphatic rings. The van der Waals surface area contributed by atoms with Crippen LogP contribution in [0.15, 0.2) is 6.20 Å². The summed E-state index contributed by atoms with van der Waals surface area (Å²) in [5, 5.41) is 7.47. The lowest BCUT2D eigenvalue weighted by atomic mass is 10.3. The van der Waals surface area contributed by atoms with E-state index in [0.29, 0.717) is 37.0 Å². The molecular formula is C16H21N5O3. The van der Waals surface area contributed by atoms with Gasteiger partial charge in [0.25, 0.3) is 0 Å². The number of hydrogen-bond acceptors (Lipinski definition) is 7. The summed E-state index contributed by atoms with van der Waals surface area (Å²) in [6, 6.07) is -0.454. The predicted molar refractivity (Wildman–Crippen MR) is 86.3 cm³/mol. The average Bonchev–Trinajstić information content (AvgIpc) is 2.92. The van der Waals surface area contributed by atoms with Crippen LogP contribution in [0.3, 0.4) is 0 Å². The second-order valence-electron chi connectivity index (χ2n) is 5.83. The van der Waals surface area contributed by atoms with Crippen molar-refractivity contribution in [2.24, 2.45) is 0 Å². The van der Waals surface area contributed by atoms with Crippen LogP contribution in [0.1, 0.15) is 22.8 Å². The van der Waals surface area contributed by atoms with Crippen molar-refractivity contribution in [1.29, 1.82) is 0 Å². The number of aryl methyl sites for hydroxylation is 4. The molecule has 0 bridgehead atoms. The van der Waals surface area contributed by atoms with E-state index in [9.17, 15) is 4.79 Å². The van der Waals surface area contributed by atoms with Gasteiger partial charge in [-0.15, -0.1) is 0 Å². The molecule has 0 radical (unpaired) electrons. The molecule has 0 aliphatic carbocycles. The Bertz CT molecular complexity index is 765. The molecule has 0 amide bonds. The van der Waals surface area contributed by atoms with Crippen molar-refractivity contribution in [3.63, 3.8) is 0 Å². The average molecular weight is 331 g/mol. The Hall–Kier alpha value is -2.32. The molecule has 2 aromatic heterocycles. The van der Waals surface area contributed by atoms with Crippen LogP contribution in [0.4, 0.5) is 0 Å². The van der Waals surface area contributed by atoms with Crippen molar-refractivity contribution in [2.45, 2.75) is 33.7 Å². The molecule has 1 saturated heterocycles. The molecular weight excluding hydrogens is 310 g/mol. The van der Waals surface area contributed by atoms with Gasteiger partial charge in [0.1, 0.15) is 11.7 Å². The van der Waals surface area contributed by atoms with Gasteiger partial charge >= 0.3 is 5.97 Å². The van der Waals surface area contributed by atoms with Gasteiger partial charge in [-0.25, -0.2) is 14.5 Å². The smallest absolute Gasteiger partial charge is 0.331 e. The van der Waals surface area contributed by atoms with Crippen molar-refractivity contribution in [3.8, 4) is 11.6 Å². The van der Waals surface area contributed by atoms with Gasteiger partial charge < -0.3 is 14.8 Å². The summed E-state index contributed by atoms with van der Waals surface area (Å²) in [6.45, 7) is 9.03. The lowest BCUT2D eigenvalue weighted by molar-refractivity contribution is -0.139. The standard InChI is InChI=1S/C16H21N5O3/c1-9-10(2)19-15(12(4)18-9)21-7-14(11(3)20-21)24-16(22)13-8-23-6-5-17-13/h7,13,17H,5-6,8H2,1-4H3. The summed E-state index contributed by atoms with van der Waals surface area (Å²) >= 11 is 0. The Balaban J connectivity index is 1.82. The maximum absolute atomic E-state index is 12.2. The minimum absolute atomic E-state index is 0.313. The molecule has 1 aliphatic heterocycles. The van der Waals surface area contributed by atoms with E-state index in [0.717, 1.165) is 17.1 Å². The number of aromatic nitrogens is 4. The Labute approximate surface area is 140 Å². The van der Waals surface area contributed by atoms with Crippen LogP contribution in [0.2, 0.25) is 0 Å². The fraction of sp³-hybridized carbons (Fsp3) is 0.500. The Morgan fingerprint density at radius 1 is 1.21 bits per heavy atom. The molecule has 1 fully saturated rings. The van der Waals surface area contributed by atoms with Crippen LogP contribution in [0.25, 0.3) is 5.82 Å². The minimum Gasteiger partial charge on any atom is -0.422 e. The lowest BCUT2D eigenvalue weighted by Gasteiger charge is -2.21. The number of carbonyl (C=O) groups is 1. The van der Waals surface area contributed by atoms with Gasteiger partial charge in [-0.1, -0.05) is 0 Å². The number of carbonyl (C=O) groups excluding carboxylic acids is 1. The normalized spacial score (nSPS) is 17.8. The maximum atomic E-state index is 12.2. The van der Waals surface area contributed by atoms with E-state index in [1.807, 2.05) is 20.8 Å². The highest BCUT2D eigenvalue weighted by atomic mass is 16.5. The van der Waals surface area contributed by atoms with Crippen LogP contribution >= 0.6 is 0 Å². The first-order valence-corrected chi connectivity index (χ1v) is 7.87. The van der Waals surface area contributed by atoms with Crippen LogP contribution < -0.4 is 10.1 Å². The highest BCUT2D eigenvalue weighted by Crippen LogP contribution is 2.20. The van der Waals surface area contributed by atoms with Gasteiger partial charge in [0.05, 0.1) is 36.5 Å². The molecule has 1 atom stereocenters. The zero-order valence-electron chi connectivity index (χ0n) is 14.3. The summed E-state index contributed by atoms with van der Waals surface area (Å²) in [4.78, 5) is 21.2. The zero-order valence-corrected chi connectivity index (χ0v) is 14.3. The molecule has 1 N–H and O–H groups in total. The molecule has 1 unspecified atom stereocenters. The third-order valence-electron chi connectivity index (χ3n) is 3.94. The number of esters is 1. The molecule has 8 heteroatoms. The summed E-state index contributed by atoms with van der Waals surface area (Å²) < 4.78 is 12.3. The highest BCUT2D eigenvalue weighted by molar-refractivity contribution is 5.78. The second kappa shape index (κ2) is 6.66. The largest absolute Gasteiger partial charge is 0.422 e. The second-order valence-corrected chi connectivity index (χ2v) is 5.83. The van der Waals surface area contributed by atoms with E-state index in [1.54, 1.807) is 17.8 Å². The zero-order chi connectivity index (χ0) is 17.3. The van der Waals surface area contributed by atoms with E-state index in [4.69, 9.17) is 9.47 Å². The van der Waals surface area contributed by atoms with Gasteiger partial charge in [-0.2, -0.15) is 5.10 Å². The topological polar surface area (TPSA) is 91.2 Å². The SMILES string of the molecule is Cc1nn(-c2nc(C)c(C)nc2C)cc1OC(=O)C1COCCN1. The summed E-state index contributed by atoms with van der Waals surface area (Å²) in [6.07, 6.45) is 1.66. The van der Waals surface area contributed by atoms with Gasteiger partial charge in [0, 0.05) is 6.54 Å². The molecule has 0 spiro atoms. The van der Waals surface area contributed by atoms with Crippen LogP contribution in [-0.4, -0.2) is 51.5 Å². The molecule has 3 heterocycles. The fourth-order valence-corrected chi connectivity index (χ4v) is 2.47. The monoisotopic (exact) mass is 331 g/mol. The quantitative estimate of drug-likeness (QED) is 0.831. The fourth-order valence-electron chi connectivity index (χ4n) is 2.47.